The van der Waals surface area contributed by atoms with Crippen LogP contribution in [0.5, 0.6) is 0 Å². The van der Waals surface area contributed by atoms with Gasteiger partial charge in [-0.05, 0) is 109 Å². The first-order valence-electron chi connectivity index (χ1n) is 21.8. The number of anilines is 2. The van der Waals surface area contributed by atoms with E-state index in [4.69, 9.17) is 0 Å². The lowest BCUT2D eigenvalue weighted by atomic mass is 9.83. The van der Waals surface area contributed by atoms with Gasteiger partial charge < -0.3 is 31.1 Å². The molecule has 8 heteroatoms. The van der Waals surface area contributed by atoms with Crippen LogP contribution in [0.2, 0.25) is 0 Å². The number of aliphatic hydroxyl groups excluding tert-OH is 4. The fourth-order valence-electron chi connectivity index (χ4n) is 7.05. The number of carbonyl (C=O) groups is 2. The molecule has 0 unspecified atom stereocenters. The number of rotatable bonds is 26. The normalized spacial score (nSPS) is 12.1. The van der Waals surface area contributed by atoms with E-state index in [1.807, 2.05) is 48.5 Å². The van der Waals surface area contributed by atoms with Gasteiger partial charge in [0.2, 0.25) is 0 Å². The number of aryl methyl sites for hydroxylation is 2. The average Bonchev–Trinajstić information content (AvgIpc) is 3.25. The maximum absolute atomic E-state index is 12.9. The lowest BCUT2D eigenvalue weighted by Gasteiger charge is -2.28. The van der Waals surface area contributed by atoms with Gasteiger partial charge in [-0.25, -0.2) is 0 Å². The standard InChI is InChI=1S/C51H66N2O6/c1-3-5-7-9-11-13-15-17-39-19-27-43(28-20-39)49(58)52-45-31-23-41(24-32-45)35-47(56)51(37-54,38-55)48(57)36-42-25-33-46(34-26-42)53-50(59)44-29-21-40(22-30-44)18-16-14-12-10-8-6-4-2/h19-36,54-57H,3-18,37-38H2,1-2H3,(H,52,58)(H,53,59). The number of hydrogen-bond acceptors (Lipinski definition) is 6. The van der Waals surface area contributed by atoms with Crippen LogP contribution in [-0.4, -0.2) is 45.5 Å². The fraction of sp³-hybridized carbons (Fsp3) is 0.412. The monoisotopic (exact) mass is 802 g/mol. The Balaban J connectivity index is 1.29. The molecule has 0 radical (unpaired) electrons. The Morgan fingerprint density at radius 3 is 1.12 bits per heavy atom. The van der Waals surface area contributed by atoms with Crippen molar-refractivity contribution < 1.29 is 30.0 Å². The van der Waals surface area contributed by atoms with Crippen LogP contribution in [-0.2, 0) is 12.8 Å². The number of aliphatic hydroxyl groups is 4. The van der Waals surface area contributed by atoms with E-state index in [-0.39, 0.29) is 11.8 Å². The van der Waals surface area contributed by atoms with Gasteiger partial charge in [-0.1, -0.05) is 139 Å². The minimum absolute atomic E-state index is 0.234. The molecule has 0 saturated heterocycles. The zero-order valence-electron chi connectivity index (χ0n) is 35.2. The summed E-state index contributed by atoms with van der Waals surface area (Å²) in [5.74, 6) is -1.35. The molecule has 0 aromatic heterocycles. The summed E-state index contributed by atoms with van der Waals surface area (Å²) in [4.78, 5) is 25.9. The Labute approximate surface area is 352 Å². The molecule has 0 fully saturated rings. The predicted molar refractivity (Wildman–Crippen MR) is 243 cm³/mol. The van der Waals surface area contributed by atoms with Crippen molar-refractivity contribution in [1.82, 2.24) is 0 Å². The Bertz CT molecular complexity index is 1760. The van der Waals surface area contributed by atoms with Crippen LogP contribution in [0.15, 0.2) is 109 Å². The molecule has 4 rings (SSSR count). The van der Waals surface area contributed by atoms with Crippen molar-refractivity contribution >= 4 is 35.3 Å². The number of amides is 2. The highest BCUT2D eigenvalue weighted by molar-refractivity contribution is 6.05. The summed E-state index contributed by atoms with van der Waals surface area (Å²) < 4.78 is 0. The molecule has 0 bridgehead atoms. The van der Waals surface area contributed by atoms with E-state index >= 15 is 0 Å². The average molecular weight is 803 g/mol. The van der Waals surface area contributed by atoms with Crippen LogP contribution in [0.4, 0.5) is 11.4 Å². The van der Waals surface area contributed by atoms with E-state index in [1.54, 1.807) is 48.5 Å². The summed E-state index contributed by atoms with van der Waals surface area (Å²) in [6.45, 7) is 2.92. The molecule has 0 aliphatic carbocycles. The van der Waals surface area contributed by atoms with Crippen LogP contribution < -0.4 is 10.6 Å². The van der Waals surface area contributed by atoms with Crippen LogP contribution in [0.1, 0.15) is 147 Å². The molecule has 316 valence electrons. The molecule has 2 amide bonds. The first-order valence-corrected chi connectivity index (χ1v) is 21.8. The van der Waals surface area contributed by atoms with Crippen LogP contribution >= 0.6 is 0 Å². The molecule has 0 saturated carbocycles. The van der Waals surface area contributed by atoms with E-state index in [0.717, 1.165) is 25.7 Å². The molecule has 4 aromatic carbocycles. The minimum atomic E-state index is -1.87. The summed E-state index contributed by atoms with van der Waals surface area (Å²) >= 11 is 0. The Morgan fingerprint density at radius 1 is 0.475 bits per heavy atom. The van der Waals surface area contributed by atoms with Crippen LogP contribution in [0, 0.1) is 5.41 Å². The molecule has 6 N–H and O–H groups in total. The summed E-state index contributed by atoms with van der Waals surface area (Å²) in [6.07, 6.45) is 22.4. The van der Waals surface area contributed by atoms with Crippen LogP contribution in [0.25, 0.3) is 12.2 Å². The quantitative estimate of drug-likeness (QED) is 0.0276. The van der Waals surface area contributed by atoms with Gasteiger partial charge in [-0.2, -0.15) is 0 Å². The third-order valence-electron chi connectivity index (χ3n) is 11.0. The van der Waals surface area contributed by atoms with E-state index in [2.05, 4.69) is 24.5 Å². The van der Waals surface area contributed by atoms with Crippen molar-refractivity contribution in [3.63, 3.8) is 0 Å². The Kier molecular flexibility index (Phi) is 20.0. The topological polar surface area (TPSA) is 139 Å². The van der Waals surface area contributed by atoms with Gasteiger partial charge in [0.05, 0.1) is 13.2 Å². The number of hydrogen-bond donors (Lipinski definition) is 6. The Morgan fingerprint density at radius 2 is 0.797 bits per heavy atom. The zero-order valence-corrected chi connectivity index (χ0v) is 35.2. The number of unbranched alkanes of at least 4 members (excludes halogenated alkanes) is 12. The maximum Gasteiger partial charge on any atom is 0.255 e. The second-order valence-electron chi connectivity index (χ2n) is 15.7. The highest BCUT2D eigenvalue weighted by Crippen LogP contribution is 2.35. The molecule has 0 heterocycles. The largest absolute Gasteiger partial charge is 0.511 e. The molecule has 4 aromatic rings. The SMILES string of the molecule is CCCCCCCCCc1ccc(C(=O)Nc2ccc(C=C(O)C(CO)(CO)C(O)=Cc3ccc(NC(=O)c4ccc(CCCCCCCCC)cc4)cc3)cc2)cc1. The van der Waals surface area contributed by atoms with Crippen molar-refractivity contribution in [3.05, 3.63) is 142 Å². The smallest absolute Gasteiger partial charge is 0.255 e. The molecule has 0 spiro atoms. The van der Waals surface area contributed by atoms with Crippen molar-refractivity contribution in [2.75, 3.05) is 23.8 Å². The zero-order chi connectivity index (χ0) is 42.3. The molecular weight excluding hydrogens is 737 g/mol. The van der Waals surface area contributed by atoms with E-state index < -0.39 is 30.1 Å². The fourth-order valence-corrected chi connectivity index (χ4v) is 7.05. The lowest BCUT2D eigenvalue weighted by molar-refractivity contribution is 0.0487. The maximum atomic E-state index is 12.9. The van der Waals surface area contributed by atoms with Gasteiger partial charge >= 0.3 is 0 Å². The first kappa shape index (κ1) is 46.5. The number of benzene rings is 4. The third kappa shape index (κ3) is 15.2. The van der Waals surface area contributed by atoms with Gasteiger partial charge in [0, 0.05) is 22.5 Å². The second-order valence-corrected chi connectivity index (χ2v) is 15.7. The van der Waals surface area contributed by atoms with Crippen molar-refractivity contribution in [1.29, 1.82) is 0 Å². The summed E-state index contributed by atoms with van der Waals surface area (Å²) in [5.41, 5.74) is 3.85. The van der Waals surface area contributed by atoms with Crippen molar-refractivity contribution in [2.45, 2.75) is 117 Å². The van der Waals surface area contributed by atoms with Crippen molar-refractivity contribution in [2.24, 2.45) is 5.41 Å². The molecule has 0 aliphatic heterocycles. The Hall–Kier alpha value is -5.18. The molecule has 8 nitrogen and oxygen atoms in total. The molecule has 59 heavy (non-hydrogen) atoms. The number of carbonyl (C=O) groups excluding carboxylic acids is 2. The summed E-state index contributed by atoms with van der Waals surface area (Å²) in [7, 11) is 0. The third-order valence-corrected chi connectivity index (χ3v) is 11.0. The molecule has 0 atom stereocenters. The summed E-state index contributed by atoms with van der Waals surface area (Å²) in [5, 5.41) is 48.7. The molecule has 0 aliphatic rings. The molecular formula is C51H66N2O6. The van der Waals surface area contributed by atoms with Crippen LogP contribution in [0.3, 0.4) is 0 Å². The highest BCUT2D eigenvalue weighted by atomic mass is 16.3. The van der Waals surface area contributed by atoms with E-state index in [1.165, 1.54) is 100 Å². The van der Waals surface area contributed by atoms with Gasteiger partial charge in [0.1, 0.15) is 16.9 Å². The first-order chi connectivity index (χ1) is 28.7. The minimum Gasteiger partial charge on any atom is -0.511 e. The van der Waals surface area contributed by atoms with Gasteiger partial charge in [-0.3, -0.25) is 9.59 Å². The number of nitrogens with one attached hydrogen (secondary N) is 2. The second kappa shape index (κ2) is 25.3. The van der Waals surface area contributed by atoms with Gasteiger partial charge in [0.25, 0.3) is 11.8 Å². The lowest BCUT2D eigenvalue weighted by Crippen LogP contribution is -2.34. The van der Waals surface area contributed by atoms with E-state index in [0.29, 0.717) is 33.6 Å². The van der Waals surface area contributed by atoms with Crippen molar-refractivity contribution in [3.8, 4) is 0 Å². The van der Waals surface area contributed by atoms with E-state index in [9.17, 15) is 30.0 Å². The van der Waals surface area contributed by atoms with Gasteiger partial charge in [-0.15, -0.1) is 0 Å². The van der Waals surface area contributed by atoms with Gasteiger partial charge in [0.15, 0.2) is 0 Å². The predicted octanol–water partition coefficient (Wildman–Crippen LogP) is 12.2. The summed E-state index contributed by atoms with van der Waals surface area (Å²) in [6, 6.07) is 28.9. The highest BCUT2D eigenvalue weighted by Gasteiger charge is 2.38.